The Labute approximate surface area is 123 Å². The zero-order valence-corrected chi connectivity index (χ0v) is 12.0. The fourth-order valence-corrected chi connectivity index (χ4v) is 2.50. The van der Waals surface area contributed by atoms with Crippen LogP contribution in [0.1, 0.15) is 21.6 Å². The molecule has 0 saturated heterocycles. The van der Waals surface area contributed by atoms with Crippen molar-refractivity contribution in [1.82, 2.24) is 9.78 Å². The summed E-state index contributed by atoms with van der Waals surface area (Å²) in [6, 6.07) is 13.6. The lowest BCUT2D eigenvalue weighted by molar-refractivity contribution is 0.111. The van der Waals surface area contributed by atoms with E-state index in [1.54, 1.807) is 6.07 Å². The van der Waals surface area contributed by atoms with E-state index in [1.807, 2.05) is 55.1 Å². The number of aldehydes is 1. The maximum Gasteiger partial charge on any atom is 0.153 e. The van der Waals surface area contributed by atoms with Gasteiger partial charge in [-0.1, -0.05) is 30.3 Å². The molecule has 0 unspecified atom stereocenters. The van der Waals surface area contributed by atoms with Gasteiger partial charge in [-0.15, -0.1) is 0 Å². The molecule has 106 valence electrons. The predicted octanol–water partition coefficient (Wildman–Crippen LogP) is 3.27. The standard InChI is InChI=1S/C17H16N2O2/c1-12-6-5-7-13(10-20)17(12)21-11-15-14-8-3-4-9-16(14)19(2)18-15/h3-10H,11H2,1-2H3. The summed E-state index contributed by atoms with van der Waals surface area (Å²) >= 11 is 0. The first kappa shape index (κ1) is 13.4. The maximum absolute atomic E-state index is 11.1. The van der Waals surface area contributed by atoms with Crippen molar-refractivity contribution in [2.24, 2.45) is 7.05 Å². The molecule has 4 nitrogen and oxygen atoms in total. The molecule has 0 radical (unpaired) electrons. The average Bonchev–Trinajstić information content (AvgIpc) is 2.83. The second-order valence-corrected chi connectivity index (χ2v) is 4.99. The van der Waals surface area contributed by atoms with Gasteiger partial charge in [0.1, 0.15) is 18.1 Å². The lowest BCUT2D eigenvalue weighted by Crippen LogP contribution is -2.01. The van der Waals surface area contributed by atoms with Gasteiger partial charge in [-0.2, -0.15) is 5.10 Å². The van der Waals surface area contributed by atoms with Gasteiger partial charge in [0, 0.05) is 12.4 Å². The van der Waals surface area contributed by atoms with Crippen LogP contribution >= 0.6 is 0 Å². The van der Waals surface area contributed by atoms with Crippen molar-refractivity contribution in [2.45, 2.75) is 13.5 Å². The Morgan fingerprint density at radius 3 is 2.81 bits per heavy atom. The second kappa shape index (κ2) is 5.40. The third-order valence-corrected chi connectivity index (χ3v) is 3.56. The lowest BCUT2D eigenvalue weighted by atomic mass is 10.1. The Morgan fingerprint density at radius 1 is 1.19 bits per heavy atom. The van der Waals surface area contributed by atoms with E-state index in [0.29, 0.717) is 17.9 Å². The van der Waals surface area contributed by atoms with Gasteiger partial charge in [0.2, 0.25) is 0 Å². The number of carbonyl (C=O) groups is 1. The van der Waals surface area contributed by atoms with E-state index in [-0.39, 0.29) is 0 Å². The first-order valence-electron chi connectivity index (χ1n) is 6.79. The summed E-state index contributed by atoms with van der Waals surface area (Å²) in [5.74, 6) is 0.627. The van der Waals surface area contributed by atoms with Gasteiger partial charge in [-0.25, -0.2) is 0 Å². The van der Waals surface area contributed by atoms with Crippen LogP contribution in [0, 0.1) is 6.92 Å². The van der Waals surface area contributed by atoms with Crippen LogP contribution in [-0.4, -0.2) is 16.1 Å². The molecule has 3 aromatic rings. The quantitative estimate of drug-likeness (QED) is 0.689. The Hall–Kier alpha value is -2.62. The molecule has 0 spiro atoms. The number of nitrogens with zero attached hydrogens (tertiary/aromatic N) is 2. The van der Waals surface area contributed by atoms with Gasteiger partial charge >= 0.3 is 0 Å². The van der Waals surface area contributed by atoms with Crippen LogP contribution in [0.4, 0.5) is 0 Å². The van der Waals surface area contributed by atoms with Crippen molar-refractivity contribution >= 4 is 17.2 Å². The van der Waals surface area contributed by atoms with Crippen LogP contribution in [0.2, 0.25) is 0 Å². The van der Waals surface area contributed by atoms with Crippen LogP contribution in [0.15, 0.2) is 42.5 Å². The smallest absolute Gasteiger partial charge is 0.153 e. The minimum absolute atomic E-state index is 0.340. The number of ether oxygens (including phenoxy) is 1. The van der Waals surface area contributed by atoms with E-state index in [0.717, 1.165) is 28.4 Å². The average molecular weight is 280 g/mol. The highest BCUT2D eigenvalue weighted by molar-refractivity contribution is 5.82. The number of benzene rings is 2. The SMILES string of the molecule is Cc1cccc(C=O)c1OCc1nn(C)c2ccccc12. The molecule has 0 aliphatic heterocycles. The summed E-state index contributed by atoms with van der Waals surface area (Å²) in [5, 5.41) is 5.56. The molecular formula is C17H16N2O2. The third-order valence-electron chi connectivity index (χ3n) is 3.56. The van der Waals surface area contributed by atoms with Crippen LogP contribution in [0.3, 0.4) is 0 Å². The molecule has 21 heavy (non-hydrogen) atoms. The molecule has 0 atom stereocenters. The molecule has 0 bridgehead atoms. The van der Waals surface area contributed by atoms with Crippen LogP contribution in [-0.2, 0) is 13.7 Å². The summed E-state index contributed by atoms with van der Waals surface area (Å²) in [4.78, 5) is 11.1. The molecule has 4 heteroatoms. The maximum atomic E-state index is 11.1. The van der Waals surface area contributed by atoms with Gasteiger partial charge in [-0.3, -0.25) is 9.48 Å². The highest BCUT2D eigenvalue weighted by Crippen LogP contribution is 2.24. The molecule has 0 saturated carbocycles. The molecule has 1 aromatic heterocycles. The van der Waals surface area contributed by atoms with E-state index in [1.165, 1.54) is 0 Å². The fraction of sp³-hybridized carbons (Fsp3) is 0.176. The van der Waals surface area contributed by atoms with Crippen LogP contribution in [0.5, 0.6) is 5.75 Å². The minimum atomic E-state index is 0.340. The third kappa shape index (κ3) is 2.40. The monoisotopic (exact) mass is 280 g/mol. The molecule has 0 N–H and O–H groups in total. The first-order valence-corrected chi connectivity index (χ1v) is 6.79. The summed E-state index contributed by atoms with van der Waals surface area (Å²) in [6.07, 6.45) is 0.818. The summed E-state index contributed by atoms with van der Waals surface area (Å²) in [7, 11) is 1.91. The van der Waals surface area contributed by atoms with E-state index < -0.39 is 0 Å². The number of para-hydroxylation sites is 2. The summed E-state index contributed by atoms with van der Waals surface area (Å²) in [6.45, 7) is 2.27. The molecule has 0 amide bonds. The van der Waals surface area contributed by atoms with Gasteiger partial charge in [0.25, 0.3) is 0 Å². The van der Waals surface area contributed by atoms with E-state index in [9.17, 15) is 4.79 Å². The van der Waals surface area contributed by atoms with Gasteiger partial charge in [0.05, 0.1) is 11.1 Å². The molecular weight excluding hydrogens is 264 g/mol. The molecule has 3 rings (SSSR count). The van der Waals surface area contributed by atoms with E-state index >= 15 is 0 Å². The van der Waals surface area contributed by atoms with E-state index in [4.69, 9.17) is 4.74 Å². The summed E-state index contributed by atoms with van der Waals surface area (Å²) in [5.41, 5.74) is 3.44. The number of carbonyl (C=O) groups excluding carboxylic acids is 1. The Morgan fingerprint density at radius 2 is 2.00 bits per heavy atom. The number of hydrogen-bond donors (Lipinski definition) is 0. The first-order chi connectivity index (χ1) is 10.2. The lowest BCUT2D eigenvalue weighted by Gasteiger charge is -2.10. The molecule has 2 aromatic carbocycles. The normalized spacial score (nSPS) is 10.8. The van der Waals surface area contributed by atoms with Crippen molar-refractivity contribution < 1.29 is 9.53 Å². The molecule has 0 aliphatic rings. The van der Waals surface area contributed by atoms with E-state index in [2.05, 4.69) is 5.10 Å². The van der Waals surface area contributed by atoms with Crippen molar-refractivity contribution in [3.8, 4) is 5.75 Å². The number of rotatable bonds is 4. The van der Waals surface area contributed by atoms with Gasteiger partial charge < -0.3 is 4.74 Å². The number of hydrogen-bond acceptors (Lipinski definition) is 3. The van der Waals surface area contributed by atoms with Gasteiger partial charge in [0.15, 0.2) is 6.29 Å². The molecule has 0 fully saturated rings. The number of aryl methyl sites for hydroxylation is 2. The second-order valence-electron chi connectivity index (χ2n) is 4.99. The highest BCUT2D eigenvalue weighted by atomic mass is 16.5. The minimum Gasteiger partial charge on any atom is -0.486 e. The van der Waals surface area contributed by atoms with Crippen molar-refractivity contribution in [2.75, 3.05) is 0 Å². The zero-order valence-electron chi connectivity index (χ0n) is 12.0. The highest BCUT2D eigenvalue weighted by Gasteiger charge is 2.11. The molecule has 1 heterocycles. The number of fused-ring (bicyclic) bond motifs is 1. The fourth-order valence-electron chi connectivity index (χ4n) is 2.50. The van der Waals surface area contributed by atoms with Gasteiger partial charge in [-0.05, 0) is 24.6 Å². The van der Waals surface area contributed by atoms with Crippen molar-refractivity contribution in [1.29, 1.82) is 0 Å². The van der Waals surface area contributed by atoms with Crippen LogP contribution in [0.25, 0.3) is 10.9 Å². The predicted molar refractivity (Wildman–Crippen MR) is 81.6 cm³/mol. The van der Waals surface area contributed by atoms with Crippen molar-refractivity contribution in [3.63, 3.8) is 0 Å². The number of aromatic nitrogens is 2. The topological polar surface area (TPSA) is 44.1 Å². The van der Waals surface area contributed by atoms with Crippen molar-refractivity contribution in [3.05, 3.63) is 59.3 Å². The zero-order chi connectivity index (χ0) is 14.8. The summed E-state index contributed by atoms with van der Waals surface area (Å²) < 4.78 is 7.70. The Bertz CT molecular complexity index is 806. The van der Waals surface area contributed by atoms with Crippen LogP contribution < -0.4 is 4.74 Å². The Balaban J connectivity index is 1.93. The molecule has 0 aliphatic carbocycles. The Kier molecular flexibility index (Phi) is 3.44. The largest absolute Gasteiger partial charge is 0.486 e.